The molecule has 2 aromatic rings. The van der Waals surface area contributed by atoms with Crippen molar-refractivity contribution in [1.29, 1.82) is 5.26 Å². The molecule has 2 aromatic carbocycles. The van der Waals surface area contributed by atoms with E-state index in [0.29, 0.717) is 54.5 Å². The van der Waals surface area contributed by atoms with Crippen LogP contribution in [-0.4, -0.2) is 77.1 Å². The molecule has 5 atom stereocenters. The number of hydrogen-bond donors (Lipinski definition) is 3. The van der Waals surface area contributed by atoms with Gasteiger partial charge in [0.25, 0.3) is 5.91 Å². The summed E-state index contributed by atoms with van der Waals surface area (Å²) in [5, 5.41) is 15.6. The number of fused-ring (bicyclic) bond motifs is 3. The first-order valence-electron chi connectivity index (χ1n) is 18.2. The molecule has 2 aliphatic carbocycles. The highest BCUT2D eigenvalue weighted by atomic mass is 32.2. The molecule has 3 N–H and O–H groups in total. The normalized spacial score (nSPS) is 28.5. The lowest BCUT2D eigenvalue weighted by Crippen LogP contribution is -2.58. The minimum Gasteiger partial charge on any atom is -0.444 e. The Morgan fingerprint density at radius 2 is 1.89 bits per heavy atom. The van der Waals surface area contributed by atoms with Crippen LogP contribution in [0.3, 0.4) is 0 Å². The summed E-state index contributed by atoms with van der Waals surface area (Å²) in [6.07, 6.45) is 6.49. The van der Waals surface area contributed by atoms with E-state index in [0.717, 1.165) is 12.8 Å². The number of nitrogens with one attached hydrogen (secondary N) is 3. The smallest absolute Gasteiger partial charge is 0.410 e. The number of ether oxygens (including phenoxy) is 1. The Hall–Kier alpha value is -4.97. The van der Waals surface area contributed by atoms with Gasteiger partial charge in [-0.3, -0.25) is 24.0 Å². The maximum Gasteiger partial charge on any atom is 0.410 e. The van der Waals surface area contributed by atoms with E-state index in [-0.39, 0.29) is 32.5 Å². The summed E-state index contributed by atoms with van der Waals surface area (Å²) in [6.45, 7) is 1.61. The minimum absolute atomic E-state index is 0.0162. The topological polar surface area (TPSA) is 178 Å². The number of carbonyl (C=O) groups is 4. The third kappa shape index (κ3) is 7.33. The van der Waals surface area contributed by atoms with E-state index in [1.807, 2.05) is 12.2 Å². The number of sulfonamides is 1. The lowest BCUT2D eigenvalue weighted by atomic mass is 10.0. The van der Waals surface area contributed by atoms with Crippen LogP contribution >= 0.6 is 0 Å². The summed E-state index contributed by atoms with van der Waals surface area (Å²) >= 11 is 0. The zero-order valence-corrected chi connectivity index (χ0v) is 30.3. The third-order valence-electron chi connectivity index (χ3n) is 11.3. The molecule has 0 bridgehead atoms. The van der Waals surface area contributed by atoms with Crippen molar-refractivity contribution in [3.05, 3.63) is 77.1 Å². The Morgan fingerprint density at radius 3 is 2.64 bits per heavy atom. The van der Waals surface area contributed by atoms with E-state index >= 15 is 0 Å². The van der Waals surface area contributed by atoms with Gasteiger partial charge in [0, 0.05) is 30.1 Å². The van der Waals surface area contributed by atoms with Gasteiger partial charge < -0.3 is 20.3 Å². The molecule has 3 fully saturated rings. The molecule has 3 heterocycles. The number of anilines is 1. The Labute approximate surface area is 308 Å². The zero-order valence-electron chi connectivity index (χ0n) is 29.5. The predicted octanol–water partition coefficient (Wildman–Crippen LogP) is 3.99. The predicted molar refractivity (Wildman–Crippen MR) is 191 cm³/mol. The van der Waals surface area contributed by atoms with Crippen molar-refractivity contribution in [3.63, 3.8) is 0 Å². The van der Waals surface area contributed by atoms with Gasteiger partial charge in [-0.05, 0) is 75.3 Å². The molecule has 15 heteroatoms. The quantitative estimate of drug-likeness (QED) is 0.369. The summed E-state index contributed by atoms with van der Waals surface area (Å²) in [7, 11) is -4.00. The van der Waals surface area contributed by atoms with Gasteiger partial charge in [0.2, 0.25) is 21.8 Å². The van der Waals surface area contributed by atoms with E-state index < -0.39 is 74.0 Å². The Bertz CT molecular complexity index is 2010. The first-order valence-corrected chi connectivity index (χ1v) is 19.7. The fourth-order valence-electron chi connectivity index (χ4n) is 7.55. The van der Waals surface area contributed by atoms with Crippen molar-refractivity contribution in [1.82, 2.24) is 19.8 Å². The molecule has 2 saturated carbocycles. The van der Waals surface area contributed by atoms with Crippen LogP contribution in [0.25, 0.3) is 0 Å². The number of nitrogens with zero attached hydrogens (tertiary/aromatic N) is 3. The molecule has 3 aliphatic heterocycles. The number of allylic oxidation sites excluding steroid dienone is 1. The molecular formula is C38H43FN6O7S. The van der Waals surface area contributed by atoms with Gasteiger partial charge in [0.15, 0.2) is 0 Å². The van der Waals surface area contributed by atoms with Crippen LogP contribution in [0.2, 0.25) is 0 Å². The number of benzene rings is 2. The van der Waals surface area contributed by atoms with Crippen LogP contribution in [0.4, 0.5) is 14.9 Å². The second kappa shape index (κ2) is 14.1. The van der Waals surface area contributed by atoms with Crippen LogP contribution in [0.5, 0.6) is 0 Å². The molecule has 4 amide bonds. The summed E-state index contributed by atoms with van der Waals surface area (Å²) in [5.74, 6) is -2.80. The van der Waals surface area contributed by atoms with Crippen molar-refractivity contribution >= 4 is 39.5 Å². The summed E-state index contributed by atoms with van der Waals surface area (Å²) < 4.78 is 47.7. The first kappa shape index (κ1) is 36.4. The molecule has 0 aromatic heterocycles. The molecule has 5 aliphatic rings. The highest BCUT2D eigenvalue weighted by molar-refractivity contribution is 7.91. The molecule has 0 radical (unpaired) electrons. The molecule has 0 unspecified atom stereocenters. The molecule has 1 saturated heterocycles. The van der Waals surface area contributed by atoms with Gasteiger partial charge in [0.1, 0.15) is 29.5 Å². The Kier molecular flexibility index (Phi) is 9.69. The van der Waals surface area contributed by atoms with E-state index in [1.54, 1.807) is 43.3 Å². The number of amides is 4. The molecular weight excluding hydrogens is 704 g/mol. The average molecular weight is 747 g/mol. The van der Waals surface area contributed by atoms with Crippen molar-refractivity contribution in [2.45, 2.75) is 106 Å². The molecule has 53 heavy (non-hydrogen) atoms. The van der Waals surface area contributed by atoms with Crippen LogP contribution in [0.15, 0.2) is 54.6 Å². The fourth-order valence-corrected chi connectivity index (χ4v) is 8.87. The van der Waals surface area contributed by atoms with Crippen molar-refractivity contribution in [2.24, 2.45) is 5.92 Å². The SMILES string of the molecule is CC1(S(=O)(=O)NC(=O)[C@@]23C[C@@H]2/C=C\CCCCC[C@H](Nc2cccc(C#N)c2)C(=O)N2C[C@H](OC(=O)N4Cc5cccc(F)c5C4)C[C@H]2C(=O)N3)CC1. The van der Waals surface area contributed by atoms with Gasteiger partial charge in [-0.15, -0.1) is 0 Å². The highest BCUT2D eigenvalue weighted by Gasteiger charge is 2.63. The van der Waals surface area contributed by atoms with Crippen LogP contribution < -0.4 is 15.4 Å². The molecule has 13 nitrogen and oxygen atoms in total. The van der Waals surface area contributed by atoms with Gasteiger partial charge in [-0.2, -0.15) is 5.26 Å². The molecule has 0 spiro atoms. The van der Waals surface area contributed by atoms with Crippen molar-refractivity contribution in [3.8, 4) is 6.07 Å². The first-order chi connectivity index (χ1) is 25.3. The highest BCUT2D eigenvalue weighted by Crippen LogP contribution is 2.47. The number of carbonyl (C=O) groups excluding carboxylic acids is 4. The number of nitriles is 1. The lowest BCUT2D eigenvalue weighted by Gasteiger charge is -2.30. The van der Waals surface area contributed by atoms with E-state index in [4.69, 9.17) is 4.74 Å². The van der Waals surface area contributed by atoms with Crippen LogP contribution in [-0.2, 0) is 42.2 Å². The van der Waals surface area contributed by atoms with Crippen molar-refractivity contribution in [2.75, 3.05) is 11.9 Å². The average Bonchev–Trinajstić information content (AvgIpc) is 3.92. The Balaban J connectivity index is 1.16. The van der Waals surface area contributed by atoms with Crippen LogP contribution in [0, 0.1) is 23.1 Å². The standard InChI is InChI=1S/C38H43FN6O7S/c1-37(15-16-37)53(50,51)43-35(48)38-19-26(38)11-5-3-2-4-6-14-31(41-27-12-7-9-24(17-27)20-40)34(47)45-22-28(18-32(45)33(46)42-38)52-36(49)44-21-25-10-8-13-30(39)29(25)23-44/h5,7-13,17,26,28,31-32,41H,2-4,6,14-16,18-19,21-23H2,1H3,(H,42,46)(H,43,48)/b11-5-/t26-,28+,31-,32-,38+/m0/s1. The van der Waals surface area contributed by atoms with Crippen LogP contribution in [0.1, 0.15) is 81.4 Å². The zero-order chi connectivity index (χ0) is 37.5. The second-order valence-electron chi connectivity index (χ2n) is 15.1. The number of rotatable bonds is 6. The number of hydrogen-bond acceptors (Lipinski definition) is 9. The maximum absolute atomic E-state index is 14.5. The lowest BCUT2D eigenvalue weighted by molar-refractivity contribution is -0.140. The minimum atomic E-state index is -4.00. The van der Waals surface area contributed by atoms with Crippen molar-refractivity contribution < 1.29 is 36.7 Å². The maximum atomic E-state index is 14.5. The van der Waals surface area contributed by atoms with Gasteiger partial charge >= 0.3 is 6.09 Å². The molecule has 280 valence electrons. The monoisotopic (exact) mass is 746 g/mol. The summed E-state index contributed by atoms with van der Waals surface area (Å²) in [4.78, 5) is 58.7. The largest absolute Gasteiger partial charge is 0.444 e. The van der Waals surface area contributed by atoms with Gasteiger partial charge in [0.05, 0.1) is 29.5 Å². The Morgan fingerprint density at radius 1 is 1.09 bits per heavy atom. The molecule has 7 rings (SSSR count). The van der Waals surface area contributed by atoms with Gasteiger partial charge in [-0.25, -0.2) is 17.6 Å². The summed E-state index contributed by atoms with van der Waals surface area (Å²) in [5.41, 5.74) is 0.479. The second-order valence-corrected chi connectivity index (χ2v) is 17.3. The summed E-state index contributed by atoms with van der Waals surface area (Å²) in [6, 6.07) is 11.5. The number of halogens is 1. The van der Waals surface area contributed by atoms with E-state index in [2.05, 4.69) is 21.4 Å². The van der Waals surface area contributed by atoms with E-state index in [9.17, 15) is 37.2 Å². The third-order valence-corrected chi connectivity index (χ3v) is 13.4. The van der Waals surface area contributed by atoms with E-state index in [1.165, 1.54) is 15.9 Å². The fraction of sp³-hybridized carbons (Fsp3) is 0.500. The van der Waals surface area contributed by atoms with Gasteiger partial charge in [-0.1, -0.05) is 43.2 Å².